The molecule has 1 unspecified atom stereocenters. The fourth-order valence-electron chi connectivity index (χ4n) is 5.47. The summed E-state index contributed by atoms with van der Waals surface area (Å²) in [4.78, 5) is 5.29. The molecule has 1 aliphatic heterocycles. The van der Waals surface area contributed by atoms with Gasteiger partial charge >= 0.3 is 6.18 Å². The van der Waals surface area contributed by atoms with Gasteiger partial charge in [0.05, 0.1) is 17.2 Å². The van der Waals surface area contributed by atoms with E-state index >= 15 is 0 Å². The highest BCUT2D eigenvalue weighted by atomic mass is 32.2. The van der Waals surface area contributed by atoms with E-state index in [-0.39, 0.29) is 17.4 Å². The molecule has 1 atom stereocenters. The van der Waals surface area contributed by atoms with Crippen LogP contribution in [0.5, 0.6) is 0 Å². The summed E-state index contributed by atoms with van der Waals surface area (Å²) in [5.74, 6) is 0.113. The van der Waals surface area contributed by atoms with Crippen LogP contribution in [0.3, 0.4) is 0 Å². The molecule has 3 aromatic carbocycles. The smallest absolute Gasteiger partial charge is 0.405 e. The van der Waals surface area contributed by atoms with Gasteiger partial charge in [-0.05, 0) is 115 Å². The van der Waals surface area contributed by atoms with Gasteiger partial charge in [-0.15, -0.1) is 0 Å². The number of halogens is 3. The maximum atomic E-state index is 13.9. The summed E-state index contributed by atoms with van der Waals surface area (Å²) >= 11 is 1.74. The number of nitrogens with zero attached hydrogens (tertiary/aromatic N) is 3. The first-order chi connectivity index (χ1) is 20.7. The summed E-state index contributed by atoms with van der Waals surface area (Å²) in [6.07, 6.45) is 2.56. The number of nitriles is 1. The van der Waals surface area contributed by atoms with Crippen LogP contribution < -0.4 is 5.73 Å². The highest BCUT2D eigenvalue weighted by Gasteiger charge is 2.36. The molecular weight excluding hydrogens is 565 g/mol. The third-order valence-electron chi connectivity index (χ3n) is 7.62. The van der Waals surface area contributed by atoms with Crippen LogP contribution in [-0.2, 0) is 12.6 Å². The van der Waals surface area contributed by atoms with Crippen LogP contribution in [0.15, 0.2) is 109 Å². The van der Waals surface area contributed by atoms with Gasteiger partial charge in [0.25, 0.3) is 0 Å². The quantitative estimate of drug-likeness (QED) is 0.215. The average molecular weight is 601 g/mol. The lowest BCUT2D eigenvalue weighted by Crippen LogP contribution is -2.32. The molecule has 4 nitrogen and oxygen atoms in total. The molecule has 8 heteroatoms. The number of piperidine rings is 1. The SMILES string of the molecule is C=CN.Cc1ccc(SN2CCC(C(Cc3cccc(-c4ccncc4)c3)c3ccc(C#N)c(C(F)(F)F)c3)CC2)cc1. The van der Waals surface area contributed by atoms with E-state index in [0.29, 0.717) is 12.0 Å². The fourth-order valence-corrected chi connectivity index (χ4v) is 6.42. The van der Waals surface area contributed by atoms with Gasteiger partial charge in [0.2, 0.25) is 0 Å². The Bertz CT molecular complexity index is 1520. The van der Waals surface area contributed by atoms with Crippen LogP contribution in [0.4, 0.5) is 13.2 Å². The topological polar surface area (TPSA) is 65.9 Å². The minimum atomic E-state index is -4.58. The van der Waals surface area contributed by atoms with Crippen molar-refractivity contribution in [3.63, 3.8) is 0 Å². The summed E-state index contributed by atoms with van der Waals surface area (Å²) in [5, 5.41) is 9.34. The number of aromatic nitrogens is 1. The molecule has 1 aromatic heterocycles. The maximum absolute atomic E-state index is 13.9. The lowest BCUT2D eigenvalue weighted by Gasteiger charge is -2.36. The standard InChI is InChI=1S/C33H30F3N3S.C2H5N/c1-23-5-9-30(10-6-23)40-39-17-13-26(14-18-39)31(28-7-8-29(22-37)32(21-28)33(34,35)36)20-24-3-2-4-27(19-24)25-11-15-38-16-12-25;1-2-3/h2-12,15-16,19,21,26,31H,13-14,17-18,20H2,1H3;2H,1,3H2. The largest absolute Gasteiger partial charge is 0.417 e. The Labute approximate surface area is 256 Å². The zero-order chi connectivity index (χ0) is 30.8. The second-order valence-electron chi connectivity index (χ2n) is 10.6. The first-order valence-electron chi connectivity index (χ1n) is 14.1. The van der Waals surface area contributed by atoms with Crippen molar-refractivity contribution >= 4 is 11.9 Å². The van der Waals surface area contributed by atoms with E-state index in [2.05, 4.69) is 58.9 Å². The van der Waals surface area contributed by atoms with Crippen molar-refractivity contribution in [2.45, 2.75) is 43.2 Å². The van der Waals surface area contributed by atoms with Crippen molar-refractivity contribution in [1.29, 1.82) is 5.26 Å². The van der Waals surface area contributed by atoms with E-state index in [1.54, 1.807) is 36.5 Å². The summed E-state index contributed by atoms with van der Waals surface area (Å²) in [6, 6.07) is 26.6. The number of aryl methyl sites for hydroxylation is 1. The van der Waals surface area contributed by atoms with Gasteiger partial charge in [0, 0.05) is 30.4 Å². The molecule has 0 spiro atoms. The first-order valence-corrected chi connectivity index (χ1v) is 14.9. The molecule has 1 saturated heterocycles. The Hall–Kier alpha value is -4.06. The molecule has 0 radical (unpaired) electrons. The van der Waals surface area contributed by atoms with E-state index in [9.17, 15) is 18.4 Å². The molecular formula is C35H35F3N4S. The van der Waals surface area contributed by atoms with Crippen LogP contribution in [-0.4, -0.2) is 22.4 Å². The minimum absolute atomic E-state index is 0.104. The van der Waals surface area contributed by atoms with Crippen molar-refractivity contribution in [1.82, 2.24) is 9.29 Å². The molecule has 2 N–H and O–H groups in total. The monoisotopic (exact) mass is 600 g/mol. The van der Waals surface area contributed by atoms with Gasteiger partial charge in [-0.25, -0.2) is 4.31 Å². The zero-order valence-electron chi connectivity index (χ0n) is 24.1. The molecule has 0 saturated carbocycles. The van der Waals surface area contributed by atoms with E-state index < -0.39 is 11.7 Å². The zero-order valence-corrected chi connectivity index (χ0v) is 24.9. The predicted molar refractivity (Wildman–Crippen MR) is 168 cm³/mol. The highest BCUT2D eigenvalue weighted by Crippen LogP contribution is 2.41. The highest BCUT2D eigenvalue weighted by molar-refractivity contribution is 7.97. The number of benzene rings is 3. The number of pyridine rings is 1. The van der Waals surface area contributed by atoms with E-state index in [1.807, 2.05) is 30.3 Å². The molecule has 4 aromatic rings. The average Bonchev–Trinajstić information content (AvgIpc) is 3.02. The van der Waals surface area contributed by atoms with Gasteiger partial charge in [-0.3, -0.25) is 4.98 Å². The van der Waals surface area contributed by atoms with Crippen molar-refractivity contribution in [3.05, 3.63) is 132 Å². The van der Waals surface area contributed by atoms with Crippen molar-refractivity contribution in [3.8, 4) is 17.2 Å². The number of alkyl halides is 3. The Balaban J connectivity index is 0.00000135. The minimum Gasteiger partial charge on any atom is -0.405 e. The Morgan fingerprint density at radius 2 is 1.70 bits per heavy atom. The molecule has 5 rings (SSSR count). The van der Waals surface area contributed by atoms with Crippen molar-refractivity contribution in [2.75, 3.05) is 13.1 Å². The normalized spacial score (nSPS) is 14.7. The number of hydrogen-bond acceptors (Lipinski definition) is 5. The van der Waals surface area contributed by atoms with Crippen LogP contribution in [0.25, 0.3) is 11.1 Å². The number of rotatable bonds is 7. The Kier molecular flexibility index (Phi) is 11.0. The third-order valence-corrected chi connectivity index (χ3v) is 8.72. The number of hydrogen-bond donors (Lipinski definition) is 1. The summed E-state index contributed by atoms with van der Waals surface area (Å²) in [5.41, 5.74) is 8.47. The van der Waals surface area contributed by atoms with Gasteiger partial charge in [-0.2, -0.15) is 18.4 Å². The number of nitrogens with two attached hydrogens (primary N) is 1. The van der Waals surface area contributed by atoms with E-state index in [1.165, 1.54) is 28.8 Å². The van der Waals surface area contributed by atoms with Crippen LogP contribution in [0.2, 0.25) is 0 Å². The van der Waals surface area contributed by atoms with E-state index in [0.717, 1.165) is 42.6 Å². The summed E-state index contributed by atoms with van der Waals surface area (Å²) in [6.45, 7) is 6.93. The Morgan fingerprint density at radius 1 is 1.02 bits per heavy atom. The molecule has 2 heterocycles. The second kappa shape index (κ2) is 14.9. The van der Waals surface area contributed by atoms with Gasteiger partial charge in [-0.1, -0.05) is 54.6 Å². The van der Waals surface area contributed by atoms with Crippen LogP contribution >= 0.6 is 11.9 Å². The third kappa shape index (κ3) is 8.73. The molecule has 0 amide bonds. The van der Waals surface area contributed by atoms with Crippen LogP contribution in [0.1, 0.15) is 46.6 Å². The van der Waals surface area contributed by atoms with Gasteiger partial charge < -0.3 is 5.73 Å². The predicted octanol–water partition coefficient (Wildman–Crippen LogP) is 8.78. The molecule has 222 valence electrons. The molecule has 0 aliphatic carbocycles. The molecule has 1 fully saturated rings. The van der Waals surface area contributed by atoms with Crippen molar-refractivity contribution < 1.29 is 13.2 Å². The molecule has 1 aliphatic rings. The van der Waals surface area contributed by atoms with Crippen LogP contribution in [0, 0.1) is 24.2 Å². The summed E-state index contributed by atoms with van der Waals surface area (Å²) < 4.78 is 44.1. The van der Waals surface area contributed by atoms with Gasteiger partial charge in [0.15, 0.2) is 0 Å². The fraction of sp³-hybridized carbons (Fsp3) is 0.257. The molecule has 0 bridgehead atoms. The second-order valence-corrected chi connectivity index (χ2v) is 11.7. The maximum Gasteiger partial charge on any atom is 0.417 e. The summed E-state index contributed by atoms with van der Waals surface area (Å²) in [7, 11) is 0. The Morgan fingerprint density at radius 3 is 2.33 bits per heavy atom. The lowest BCUT2D eigenvalue weighted by molar-refractivity contribution is -0.137. The van der Waals surface area contributed by atoms with Crippen molar-refractivity contribution in [2.24, 2.45) is 11.7 Å². The molecule has 43 heavy (non-hydrogen) atoms. The van der Waals surface area contributed by atoms with E-state index in [4.69, 9.17) is 0 Å². The first kappa shape index (κ1) is 31.9. The van der Waals surface area contributed by atoms with Gasteiger partial charge in [0.1, 0.15) is 0 Å². The lowest BCUT2D eigenvalue weighted by atomic mass is 9.76.